The number of ether oxygens (including phenoxy) is 2. The van der Waals surface area contributed by atoms with Crippen molar-refractivity contribution >= 4 is 11.8 Å². The summed E-state index contributed by atoms with van der Waals surface area (Å²) in [6, 6.07) is 13.6. The van der Waals surface area contributed by atoms with Crippen molar-refractivity contribution in [2.45, 2.75) is 20.3 Å². The lowest BCUT2D eigenvalue weighted by Crippen LogP contribution is -2.06. The molecule has 0 aliphatic heterocycles. The van der Waals surface area contributed by atoms with Crippen LogP contribution in [0.25, 0.3) is 0 Å². The molecule has 0 heterocycles. The molecular formula is C25H26O8. The van der Waals surface area contributed by atoms with Crippen LogP contribution in [0, 0.1) is 6.92 Å². The molecule has 0 atom stereocenters. The van der Waals surface area contributed by atoms with Crippen LogP contribution in [-0.4, -0.2) is 45.9 Å². The molecule has 174 valence electrons. The second kappa shape index (κ2) is 11.4. The summed E-state index contributed by atoms with van der Waals surface area (Å²) in [5, 5.41) is 37.3. The first-order valence-corrected chi connectivity index (χ1v) is 10.0. The molecule has 0 saturated heterocycles. The number of rotatable bonds is 6. The van der Waals surface area contributed by atoms with Gasteiger partial charge in [0.15, 0.2) is 5.78 Å². The summed E-state index contributed by atoms with van der Waals surface area (Å²) < 4.78 is 9.79. The van der Waals surface area contributed by atoms with E-state index in [0.29, 0.717) is 5.56 Å². The van der Waals surface area contributed by atoms with Crippen molar-refractivity contribution in [2.75, 3.05) is 13.7 Å². The lowest BCUT2D eigenvalue weighted by molar-refractivity contribution is 0.0522. The molecule has 0 aromatic heterocycles. The Morgan fingerprint density at radius 3 is 2.03 bits per heavy atom. The van der Waals surface area contributed by atoms with Gasteiger partial charge in [-0.15, -0.1) is 0 Å². The molecule has 0 fully saturated rings. The highest BCUT2D eigenvalue weighted by atomic mass is 16.5. The molecule has 8 heteroatoms. The van der Waals surface area contributed by atoms with Gasteiger partial charge < -0.3 is 29.9 Å². The third kappa shape index (κ3) is 6.90. The Kier molecular flexibility index (Phi) is 8.68. The number of carbonyl (C=O) groups excluding carboxylic acids is 2. The van der Waals surface area contributed by atoms with E-state index >= 15 is 0 Å². The summed E-state index contributed by atoms with van der Waals surface area (Å²) in [5.74, 6) is -0.681. The number of benzene rings is 3. The molecule has 0 bridgehead atoms. The Bertz CT molecular complexity index is 1100. The molecule has 3 aromatic rings. The average molecular weight is 454 g/mol. The number of phenolic OH excluding ortho intramolecular Hbond substituents is 4. The van der Waals surface area contributed by atoms with E-state index in [-0.39, 0.29) is 52.9 Å². The number of methoxy groups -OCH3 is 1. The predicted octanol–water partition coefficient (Wildman–Crippen LogP) is 4.11. The minimum atomic E-state index is -0.581. The van der Waals surface area contributed by atoms with Crippen LogP contribution in [0.2, 0.25) is 0 Å². The standard InChI is InChI=1S/C15H14O4.C10H12O4/c1-19-12-5-2-10(3-6-12)8-14(17)13-7-4-11(16)9-15(13)18;1-3-14-10(13)9-6(2)4-7(11)5-8(9)12/h2-7,9,16,18H,8H2,1H3;4-5,11-12H,3H2,1-2H3. The highest BCUT2D eigenvalue weighted by molar-refractivity contribution is 6.00. The number of phenols is 4. The van der Waals surface area contributed by atoms with Crippen molar-refractivity contribution in [3.63, 3.8) is 0 Å². The van der Waals surface area contributed by atoms with Crippen molar-refractivity contribution in [1.29, 1.82) is 0 Å². The second-order valence-electron chi connectivity index (χ2n) is 7.03. The van der Waals surface area contributed by atoms with Crippen molar-refractivity contribution in [3.8, 4) is 28.7 Å². The Balaban J connectivity index is 0.000000245. The summed E-state index contributed by atoms with van der Waals surface area (Å²) >= 11 is 0. The lowest BCUT2D eigenvalue weighted by atomic mass is 10.0. The van der Waals surface area contributed by atoms with Crippen molar-refractivity contribution in [3.05, 3.63) is 76.9 Å². The summed E-state index contributed by atoms with van der Waals surface area (Å²) in [4.78, 5) is 23.4. The largest absolute Gasteiger partial charge is 0.508 e. The number of hydrogen-bond acceptors (Lipinski definition) is 8. The van der Waals surface area contributed by atoms with Gasteiger partial charge >= 0.3 is 5.97 Å². The second-order valence-corrected chi connectivity index (χ2v) is 7.03. The molecule has 0 saturated carbocycles. The zero-order valence-corrected chi connectivity index (χ0v) is 18.5. The van der Waals surface area contributed by atoms with Gasteiger partial charge in [-0.2, -0.15) is 0 Å². The van der Waals surface area contributed by atoms with E-state index in [0.717, 1.165) is 23.4 Å². The normalized spacial score (nSPS) is 10.0. The molecule has 0 aliphatic rings. The quantitative estimate of drug-likeness (QED) is 0.323. The molecular weight excluding hydrogens is 428 g/mol. The van der Waals surface area contributed by atoms with Gasteiger partial charge in [0, 0.05) is 18.6 Å². The fraction of sp³-hybridized carbons (Fsp3) is 0.200. The smallest absolute Gasteiger partial charge is 0.342 e. The van der Waals surface area contributed by atoms with E-state index in [1.54, 1.807) is 45.2 Å². The molecule has 3 aromatic carbocycles. The zero-order chi connectivity index (χ0) is 24.5. The van der Waals surface area contributed by atoms with Crippen LogP contribution < -0.4 is 4.74 Å². The van der Waals surface area contributed by atoms with Crippen molar-refractivity contribution < 1.29 is 39.5 Å². The van der Waals surface area contributed by atoms with Crippen LogP contribution in [0.15, 0.2) is 54.6 Å². The lowest BCUT2D eigenvalue weighted by Gasteiger charge is -2.07. The summed E-state index contributed by atoms with van der Waals surface area (Å²) in [6.07, 6.45) is 0.183. The first kappa shape index (κ1) is 25.1. The minimum absolute atomic E-state index is 0.0708. The number of carbonyl (C=O) groups is 2. The molecule has 0 spiro atoms. The van der Waals surface area contributed by atoms with Crippen LogP contribution >= 0.6 is 0 Å². The number of Topliss-reactive ketones (excluding diaryl/α,β-unsaturated/α-hetero) is 1. The Labute approximate surface area is 191 Å². The Morgan fingerprint density at radius 1 is 0.848 bits per heavy atom. The monoisotopic (exact) mass is 454 g/mol. The van der Waals surface area contributed by atoms with Crippen LogP contribution in [0.3, 0.4) is 0 Å². The molecule has 4 N–H and O–H groups in total. The molecule has 33 heavy (non-hydrogen) atoms. The SMILES string of the molecule is CCOC(=O)c1c(C)cc(O)cc1O.COc1ccc(CC(=O)c2ccc(O)cc2O)cc1. The van der Waals surface area contributed by atoms with Gasteiger partial charge in [0.25, 0.3) is 0 Å². The Morgan fingerprint density at radius 2 is 1.48 bits per heavy atom. The summed E-state index contributed by atoms with van der Waals surface area (Å²) in [7, 11) is 1.58. The highest BCUT2D eigenvalue weighted by Crippen LogP contribution is 2.27. The third-order valence-corrected chi connectivity index (χ3v) is 4.58. The van der Waals surface area contributed by atoms with E-state index in [4.69, 9.17) is 14.6 Å². The Hall–Kier alpha value is -4.20. The van der Waals surface area contributed by atoms with Crippen LogP contribution in [0.5, 0.6) is 28.7 Å². The molecule has 3 rings (SSSR count). The van der Waals surface area contributed by atoms with Gasteiger partial charge in [0.05, 0.1) is 19.3 Å². The molecule has 0 aliphatic carbocycles. The predicted molar refractivity (Wildman–Crippen MR) is 121 cm³/mol. The fourth-order valence-corrected chi connectivity index (χ4v) is 3.00. The zero-order valence-electron chi connectivity index (χ0n) is 18.5. The van der Waals surface area contributed by atoms with Gasteiger partial charge in [-0.25, -0.2) is 4.79 Å². The van der Waals surface area contributed by atoms with Gasteiger partial charge in [-0.3, -0.25) is 4.79 Å². The van der Waals surface area contributed by atoms with Crippen molar-refractivity contribution in [2.24, 2.45) is 0 Å². The number of esters is 1. The first-order valence-electron chi connectivity index (χ1n) is 10.0. The minimum Gasteiger partial charge on any atom is -0.508 e. The number of aromatic hydroxyl groups is 4. The van der Waals surface area contributed by atoms with E-state index in [1.807, 2.05) is 0 Å². The van der Waals surface area contributed by atoms with Gasteiger partial charge in [0.2, 0.25) is 0 Å². The third-order valence-electron chi connectivity index (χ3n) is 4.58. The fourth-order valence-electron chi connectivity index (χ4n) is 3.00. The maximum absolute atomic E-state index is 12.0. The molecule has 0 amide bonds. The van der Waals surface area contributed by atoms with Crippen LogP contribution in [0.4, 0.5) is 0 Å². The number of hydrogen-bond donors (Lipinski definition) is 4. The van der Waals surface area contributed by atoms with E-state index < -0.39 is 5.97 Å². The van der Waals surface area contributed by atoms with Crippen LogP contribution in [-0.2, 0) is 11.2 Å². The maximum Gasteiger partial charge on any atom is 0.342 e. The maximum atomic E-state index is 12.0. The van der Waals surface area contributed by atoms with E-state index in [1.165, 1.54) is 18.2 Å². The number of ketones is 1. The van der Waals surface area contributed by atoms with Gasteiger partial charge in [-0.1, -0.05) is 12.1 Å². The molecule has 8 nitrogen and oxygen atoms in total. The number of aryl methyl sites for hydroxylation is 1. The topological polar surface area (TPSA) is 134 Å². The van der Waals surface area contributed by atoms with Crippen molar-refractivity contribution in [1.82, 2.24) is 0 Å². The summed E-state index contributed by atoms with van der Waals surface area (Å²) in [5.41, 5.74) is 1.62. The van der Waals surface area contributed by atoms with Gasteiger partial charge in [0.1, 0.15) is 34.3 Å². The van der Waals surface area contributed by atoms with E-state index in [9.17, 15) is 24.9 Å². The first-order chi connectivity index (χ1) is 15.7. The average Bonchev–Trinajstić information content (AvgIpc) is 2.74. The van der Waals surface area contributed by atoms with Gasteiger partial charge in [-0.05, 0) is 55.3 Å². The molecule has 0 radical (unpaired) electrons. The van der Waals surface area contributed by atoms with E-state index in [2.05, 4.69) is 0 Å². The molecule has 0 unspecified atom stereocenters. The summed E-state index contributed by atoms with van der Waals surface area (Å²) in [6.45, 7) is 3.55. The highest BCUT2D eigenvalue weighted by Gasteiger charge is 2.16. The van der Waals surface area contributed by atoms with Crippen LogP contribution in [0.1, 0.15) is 38.8 Å².